The van der Waals surface area contributed by atoms with E-state index in [0.717, 1.165) is 38.5 Å². The molecule has 3 aromatic rings. The Labute approximate surface area is 199 Å². The summed E-state index contributed by atoms with van der Waals surface area (Å²) < 4.78 is 5.88. The molecule has 0 saturated heterocycles. The summed E-state index contributed by atoms with van der Waals surface area (Å²) in [7, 11) is 0. The third-order valence-electron chi connectivity index (χ3n) is 5.66. The van der Waals surface area contributed by atoms with Gasteiger partial charge in [-0.25, -0.2) is 0 Å². The predicted molar refractivity (Wildman–Crippen MR) is 133 cm³/mol. The fourth-order valence-corrected chi connectivity index (χ4v) is 4.91. The van der Waals surface area contributed by atoms with Gasteiger partial charge >= 0.3 is 0 Å². The Morgan fingerprint density at radius 2 is 1.48 bits per heavy atom. The third kappa shape index (κ3) is 5.04. The Hall–Kier alpha value is -3.31. The zero-order valence-electron chi connectivity index (χ0n) is 19.3. The number of carbonyl (C=O) groups excluding carboxylic acids is 2. The number of carbonyl (C=O) groups is 2. The van der Waals surface area contributed by atoms with Crippen molar-refractivity contribution < 1.29 is 14.3 Å². The van der Waals surface area contributed by atoms with E-state index >= 15 is 0 Å². The molecule has 1 aliphatic heterocycles. The predicted octanol–water partition coefficient (Wildman–Crippen LogP) is 5.87. The molecule has 168 valence electrons. The van der Waals surface area contributed by atoms with Gasteiger partial charge in [0.2, 0.25) is 0 Å². The lowest BCUT2D eigenvalue weighted by Crippen LogP contribution is -2.35. The molecule has 0 fully saturated rings. The van der Waals surface area contributed by atoms with Gasteiger partial charge in [-0.2, -0.15) is 0 Å². The highest BCUT2D eigenvalue weighted by atomic mass is 32.2. The molecule has 0 bridgehead atoms. The number of hydrogen-bond donors (Lipinski definition) is 0. The van der Waals surface area contributed by atoms with Gasteiger partial charge in [0.1, 0.15) is 12.4 Å². The Bertz CT molecular complexity index is 1230. The minimum atomic E-state index is -0.272. The second-order valence-electron chi connectivity index (χ2n) is 8.35. The Morgan fingerprint density at radius 1 is 0.788 bits per heavy atom. The number of ether oxygens (including phenoxy) is 1. The summed E-state index contributed by atoms with van der Waals surface area (Å²) in [5.74, 6) is 0.199. The maximum Gasteiger partial charge on any atom is 0.268 e. The molecule has 0 N–H and O–H groups in total. The van der Waals surface area contributed by atoms with Gasteiger partial charge in [-0.3, -0.25) is 14.5 Å². The molecular weight excluding hydrogens is 430 g/mol. The second-order valence-corrected chi connectivity index (χ2v) is 9.44. The van der Waals surface area contributed by atoms with Crippen LogP contribution in [0.25, 0.3) is 5.57 Å². The van der Waals surface area contributed by atoms with Gasteiger partial charge in [-0.15, -0.1) is 0 Å². The van der Waals surface area contributed by atoms with Crippen LogP contribution in [0, 0.1) is 27.7 Å². The van der Waals surface area contributed by atoms with Crippen molar-refractivity contribution in [3.63, 3.8) is 0 Å². The fraction of sp³-hybridized carbons (Fsp3) is 0.214. The van der Waals surface area contributed by atoms with Crippen LogP contribution in [-0.4, -0.2) is 29.9 Å². The lowest BCUT2D eigenvalue weighted by Gasteiger charge is -2.16. The van der Waals surface area contributed by atoms with Crippen molar-refractivity contribution in [3.8, 4) is 5.75 Å². The molecule has 0 aliphatic carbocycles. The Balaban J connectivity index is 1.60. The highest BCUT2D eigenvalue weighted by molar-refractivity contribution is 8.04. The summed E-state index contributed by atoms with van der Waals surface area (Å²) in [5.41, 5.74) is 5.68. The van der Waals surface area contributed by atoms with Crippen LogP contribution in [0.4, 0.5) is 0 Å². The summed E-state index contributed by atoms with van der Waals surface area (Å²) in [6.07, 6.45) is 0. The fourth-order valence-electron chi connectivity index (χ4n) is 3.88. The van der Waals surface area contributed by atoms with E-state index in [4.69, 9.17) is 4.74 Å². The Kier molecular flexibility index (Phi) is 6.70. The van der Waals surface area contributed by atoms with Crippen LogP contribution >= 0.6 is 11.8 Å². The molecule has 1 heterocycles. The van der Waals surface area contributed by atoms with E-state index in [1.54, 1.807) is 0 Å². The highest BCUT2D eigenvalue weighted by Crippen LogP contribution is 2.39. The summed E-state index contributed by atoms with van der Waals surface area (Å²) in [6.45, 7) is 8.51. The first-order chi connectivity index (χ1) is 15.8. The van der Waals surface area contributed by atoms with Gasteiger partial charge in [-0.1, -0.05) is 54.2 Å². The number of amides is 2. The van der Waals surface area contributed by atoms with Gasteiger partial charge in [0, 0.05) is 4.90 Å². The van der Waals surface area contributed by atoms with Crippen LogP contribution in [0.3, 0.4) is 0 Å². The average molecular weight is 458 g/mol. The van der Waals surface area contributed by atoms with Crippen molar-refractivity contribution in [2.45, 2.75) is 32.6 Å². The van der Waals surface area contributed by atoms with Crippen molar-refractivity contribution in [2.75, 3.05) is 13.2 Å². The molecule has 4 rings (SSSR count). The Morgan fingerprint density at radius 3 is 2.15 bits per heavy atom. The van der Waals surface area contributed by atoms with Crippen molar-refractivity contribution >= 4 is 29.1 Å². The largest absolute Gasteiger partial charge is 0.492 e. The van der Waals surface area contributed by atoms with E-state index in [9.17, 15) is 9.59 Å². The molecule has 0 saturated carbocycles. The lowest BCUT2D eigenvalue weighted by atomic mass is 10.0. The molecule has 0 aromatic heterocycles. The van der Waals surface area contributed by atoms with E-state index in [1.807, 2.05) is 88.4 Å². The first-order valence-corrected chi connectivity index (χ1v) is 11.8. The third-order valence-corrected chi connectivity index (χ3v) is 6.75. The number of hydrogen-bond acceptors (Lipinski definition) is 4. The zero-order valence-corrected chi connectivity index (χ0v) is 20.2. The van der Waals surface area contributed by atoms with Gasteiger partial charge in [0.25, 0.3) is 11.8 Å². The molecule has 0 radical (unpaired) electrons. The van der Waals surface area contributed by atoms with Crippen LogP contribution in [-0.2, 0) is 9.59 Å². The molecule has 2 amide bonds. The standard InChI is InChI=1S/C28H27NO3S/c1-18-14-19(2)16-23(15-18)32-13-12-29-27(30)25(22-11-10-20(3)21(4)17-22)26(28(29)31)33-24-8-6-5-7-9-24/h5-11,14-17H,12-13H2,1-4H3. The van der Waals surface area contributed by atoms with E-state index in [2.05, 4.69) is 6.07 Å². The summed E-state index contributed by atoms with van der Waals surface area (Å²) in [4.78, 5) is 29.5. The van der Waals surface area contributed by atoms with Crippen LogP contribution in [0.15, 0.2) is 76.5 Å². The van der Waals surface area contributed by atoms with Crippen LogP contribution in [0.5, 0.6) is 5.75 Å². The van der Waals surface area contributed by atoms with E-state index in [1.165, 1.54) is 16.7 Å². The van der Waals surface area contributed by atoms with E-state index in [-0.39, 0.29) is 25.0 Å². The first kappa shape index (κ1) is 22.9. The highest BCUT2D eigenvalue weighted by Gasteiger charge is 2.39. The quantitative estimate of drug-likeness (QED) is 0.416. The van der Waals surface area contributed by atoms with Crippen molar-refractivity contribution in [3.05, 3.63) is 99.5 Å². The molecule has 0 unspecified atom stereocenters. The number of thioether (sulfide) groups is 1. The van der Waals surface area contributed by atoms with Crippen molar-refractivity contribution in [1.29, 1.82) is 0 Å². The van der Waals surface area contributed by atoms with Gasteiger partial charge in [-0.05, 0) is 79.8 Å². The molecular formula is C28H27NO3S. The van der Waals surface area contributed by atoms with Gasteiger partial charge in [0.05, 0.1) is 17.0 Å². The number of aryl methyl sites for hydroxylation is 4. The van der Waals surface area contributed by atoms with E-state index < -0.39 is 0 Å². The van der Waals surface area contributed by atoms with Crippen molar-refractivity contribution in [1.82, 2.24) is 4.90 Å². The number of benzene rings is 3. The molecule has 4 nitrogen and oxygen atoms in total. The molecule has 3 aromatic carbocycles. The van der Waals surface area contributed by atoms with Crippen molar-refractivity contribution in [2.24, 2.45) is 0 Å². The topological polar surface area (TPSA) is 46.6 Å². The van der Waals surface area contributed by atoms with Crippen LogP contribution < -0.4 is 4.74 Å². The maximum absolute atomic E-state index is 13.4. The smallest absolute Gasteiger partial charge is 0.268 e. The molecule has 1 aliphatic rings. The lowest BCUT2D eigenvalue weighted by molar-refractivity contribution is -0.136. The monoisotopic (exact) mass is 457 g/mol. The average Bonchev–Trinajstić information content (AvgIpc) is 3.00. The van der Waals surface area contributed by atoms with Gasteiger partial charge in [0.15, 0.2) is 0 Å². The number of imide groups is 1. The molecule has 0 atom stereocenters. The normalized spacial score (nSPS) is 13.8. The summed E-state index contributed by atoms with van der Waals surface area (Å²) >= 11 is 1.34. The zero-order chi connectivity index (χ0) is 23.5. The van der Waals surface area contributed by atoms with Crippen LogP contribution in [0.1, 0.15) is 27.8 Å². The van der Waals surface area contributed by atoms with Crippen LogP contribution in [0.2, 0.25) is 0 Å². The number of rotatable bonds is 7. The number of nitrogens with zero attached hydrogens (tertiary/aromatic N) is 1. The maximum atomic E-state index is 13.4. The first-order valence-electron chi connectivity index (χ1n) is 11.0. The molecule has 5 heteroatoms. The molecule has 0 spiro atoms. The summed E-state index contributed by atoms with van der Waals surface area (Å²) in [5, 5.41) is 0. The minimum Gasteiger partial charge on any atom is -0.492 e. The molecule has 33 heavy (non-hydrogen) atoms. The SMILES string of the molecule is Cc1cc(C)cc(OCCN2C(=O)C(Sc3ccccc3)=C(c3ccc(C)c(C)c3)C2=O)c1. The minimum absolute atomic E-state index is 0.192. The van der Waals surface area contributed by atoms with Gasteiger partial charge < -0.3 is 4.74 Å². The summed E-state index contributed by atoms with van der Waals surface area (Å²) in [6, 6.07) is 21.6. The van der Waals surface area contributed by atoms with E-state index in [0.29, 0.717) is 10.5 Å². The second kappa shape index (κ2) is 9.67.